The van der Waals surface area contributed by atoms with Gasteiger partial charge in [0.1, 0.15) is 0 Å². The fourth-order valence-corrected chi connectivity index (χ4v) is 7.83. The lowest BCUT2D eigenvalue weighted by atomic mass is 9.97. The summed E-state index contributed by atoms with van der Waals surface area (Å²) in [5, 5.41) is 5.26. The molecular weight excluding hydrogens is 368 g/mol. The molecule has 0 aliphatic carbocycles. The second-order valence-electron chi connectivity index (χ2n) is 5.38. The van der Waals surface area contributed by atoms with Gasteiger partial charge in [0.2, 0.25) is 0 Å². The summed E-state index contributed by atoms with van der Waals surface area (Å²) in [5.74, 6) is 0. The molecule has 0 aromatic heterocycles. The zero-order chi connectivity index (χ0) is 16.5. The molecule has 1 aliphatic heterocycles. The van der Waals surface area contributed by atoms with Gasteiger partial charge in [0.05, 0.1) is 12.7 Å². The SMILES string of the molecule is CSC1=C(SC)SC(=Cc2c3ccccc3cc3ccccc23)S1. The van der Waals surface area contributed by atoms with Crippen LogP contribution in [0.2, 0.25) is 0 Å². The Balaban J connectivity index is 1.91. The average molecular weight is 385 g/mol. The Kier molecular flexibility index (Phi) is 4.90. The second kappa shape index (κ2) is 7.12. The van der Waals surface area contributed by atoms with Crippen molar-refractivity contribution in [3.8, 4) is 0 Å². The Morgan fingerprint density at radius 3 is 1.75 bits per heavy atom. The van der Waals surface area contributed by atoms with Crippen molar-refractivity contribution in [2.45, 2.75) is 0 Å². The van der Waals surface area contributed by atoms with E-state index in [4.69, 9.17) is 0 Å². The molecule has 0 saturated carbocycles. The molecule has 0 spiro atoms. The van der Waals surface area contributed by atoms with Crippen molar-refractivity contribution in [2.75, 3.05) is 12.5 Å². The molecule has 0 fully saturated rings. The summed E-state index contributed by atoms with van der Waals surface area (Å²) >= 11 is 7.50. The van der Waals surface area contributed by atoms with Crippen molar-refractivity contribution >= 4 is 74.7 Å². The first-order valence-electron chi connectivity index (χ1n) is 7.60. The number of hydrogen-bond donors (Lipinski definition) is 0. The van der Waals surface area contributed by atoms with Crippen LogP contribution >= 0.6 is 47.0 Å². The molecule has 120 valence electrons. The zero-order valence-corrected chi connectivity index (χ0v) is 16.7. The van der Waals surface area contributed by atoms with Crippen molar-refractivity contribution < 1.29 is 0 Å². The summed E-state index contributed by atoms with van der Waals surface area (Å²) < 4.78 is 4.21. The highest BCUT2D eigenvalue weighted by Crippen LogP contribution is 2.57. The molecule has 0 unspecified atom stereocenters. The van der Waals surface area contributed by atoms with Crippen molar-refractivity contribution in [1.82, 2.24) is 0 Å². The van der Waals surface area contributed by atoms with Crippen LogP contribution in [-0.2, 0) is 0 Å². The number of benzene rings is 3. The van der Waals surface area contributed by atoms with E-state index in [1.807, 2.05) is 47.0 Å². The standard InChI is InChI=1S/C20H16S4/c1-21-19-20(22-2)24-18(23-19)12-17-15-9-5-3-7-13(15)11-14-8-4-6-10-16(14)17/h3-12H,1-2H3. The van der Waals surface area contributed by atoms with Crippen LogP contribution in [0.25, 0.3) is 27.6 Å². The predicted molar refractivity (Wildman–Crippen MR) is 119 cm³/mol. The number of thioether (sulfide) groups is 4. The summed E-state index contributed by atoms with van der Waals surface area (Å²) in [4.78, 5) is 0. The van der Waals surface area contributed by atoms with Crippen LogP contribution in [0.5, 0.6) is 0 Å². The topological polar surface area (TPSA) is 0 Å². The van der Waals surface area contributed by atoms with Crippen LogP contribution in [0.1, 0.15) is 5.56 Å². The number of rotatable bonds is 3. The fourth-order valence-electron chi connectivity index (χ4n) is 2.92. The molecule has 24 heavy (non-hydrogen) atoms. The van der Waals surface area contributed by atoms with Gasteiger partial charge in [0.25, 0.3) is 0 Å². The lowest BCUT2D eigenvalue weighted by molar-refractivity contribution is 1.74. The second-order valence-corrected chi connectivity index (χ2v) is 9.90. The van der Waals surface area contributed by atoms with Crippen LogP contribution in [0.15, 0.2) is 67.3 Å². The molecule has 4 heteroatoms. The van der Waals surface area contributed by atoms with E-state index in [0.717, 1.165) is 0 Å². The van der Waals surface area contributed by atoms with Gasteiger partial charge < -0.3 is 0 Å². The van der Waals surface area contributed by atoms with Gasteiger partial charge in [-0.25, -0.2) is 0 Å². The first-order chi connectivity index (χ1) is 11.8. The Morgan fingerprint density at radius 2 is 1.25 bits per heavy atom. The summed E-state index contributed by atoms with van der Waals surface area (Å²) in [6.45, 7) is 0. The van der Waals surface area contributed by atoms with Gasteiger partial charge in [-0.15, -0.1) is 23.5 Å². The molecule has 4 rings (SSSR count). The van der Waals surface area contributed by atoms with Gasteiger partial charge in [-0.05, 0) is 51.8 Å². The molecular formula is C20H16S4. The lowest BCUT2D eigenvalue weighted by Crippen LogP contribution is -1.83. The molecule has 1 aliphatic rings. The van der Waals surface area contributed by atoms with Gasteiger partial charge in [-0.2, -0.15) is 0 Å². The van der Waals surface area contributed by atoms with Crippen LogP contribution in [0, 0.1) is 0 Å². The quantitative estimate of drug-likeness (QED) is 0.426. The highest BCUT2D eigenvalue weighted by Gasteiger charge is 2.20. The minimum atomic E-state index is 1.30. The van der Waals surface area contributed by atoms with Crippen molar-refractivity contribution in [2.24, 2.45) is 0 Å². The number of fused-ring (bicyclic) bond motifs is 2. The Hall–Kier alpha value is -0.940. The lowest BCUT2D eigenvalue weighted by Gasteiger charge is -2.09. The largest absolute Gasteiger partial charge is 0.121 e. The maximum atomic E-state index is 2.37. The summed E-state index contributed by atoms with van der Waals surface area (Å²) in [6, 6.07) is 19.7. The predicted octanol–water partition coefficient (Wildman–Crippen LogP) is 7.62. The molecule has 0 nitrogen and oxygen atoms in total. The zero-order valence-electron chi connectivity index (χ0n) is 13.4. The van der Waals surface area contributed by atoms with Gasteiger partial charge in [0.15, 0.2) is 0 Å². The normalized spacial score (nSPS) is 14.8. The first kappa shape index (κ1) is 16.5. The average Bonchev–Trinajstić information content (AvgIpc) is 3.03. The molecule has 0 atom stereocenters. The molecule has 0 N–H and O–H groups in total. The monoisotopic (exact) mass is 384 g/mol. The number of hydrogen-bond acceptors (Lipinski definition) is 4. The minimum absolute atomic E-state index is 1.30. The Morgan fingerprint density at radius 1 is 0.750 bits per heavy atom. The molecule has 3 aromatic carbocycles. The smallest absolute Gasteiger partial charge is 0.0657 e. The van der Waals surface area contributed by atoms with E-state index < -0.39 is 0 Å². The highest BCUT2D eigenvalue weighted by molar-refractivity contribution is 8.40. The van der Waals surface area contributed by atoms with Gasteiger partial charge in [-0.3, -0.25) is 0 Å². The first-order valence-corrected chi connectivity index (χ1v) is 11.7. The van der Waals surface area contributed by atoms with E-state index in [1.165, 1.54) is 39.8 Å². The molecule has 0 radical (unpaired) electrons. The molecule has 3 aromatic rings. The minimum Gasteiger partial charge on any atom is -0.121 e. The van der Waals surface area contributed by atoms with Gasteiger partial charge in [0, 0.05) is 0 Å². The summed E-state index contributed by atoms with van der Waals surface area (Å²) in [6.07, 6.45) is 6.70. The molecule has 1 heterocycles. The molecule has 0 saturated heterocycles. The van der Waals surface area contributed by atoms with Crippen molar-refractivity contribution in [1.29, 1.82) is 0 Å². The molecule has 0 bridgehead atoms. The van der Waals surface area contributed by atoms with Crippen molar-refractivity contribution in [3.05, 3.63) is 72.9 Å². The molecule has 0 amide bonds. The van der Waals surface area contributed by atoms with E-state index in [9.17, 15) is 0 Å². The third kappa shape index (κ3) is 3.01. The highest BCUT2D eigenvalue weighted by atomic mass is 32.3. The van der Waals surface area contributed by atoms with Gasteiger partial charge >= 0.3 is 0 Å². The summed E-state index contributed by atoms with van der Waals surface area (Å²) in [7, 11) is 0. The van der Waals surface area contributed by atoms with Gasteiger partial charge in [-0.1, -0.05) is 72.1 Å². The van der Waals surface area contributed by atoms with Crippen LogP contribution in [0.4, 0.5) is 0 Å². The fraction of sp³-hybridized carbons (Fsp3) is 0.100. The Bertz CT molecular complexity index is 913. The van der Waals surface area contributed by atoms with E-state index in [0.29, 0.717) is 0 Å². The van der Waals surface area contributed by atoms with E-state index >= 15 is 0 Å². The maximum absolute atomic E-state index is 2.37. The van der Waals surface area contributed by atoms with Crippen LogP contribution in [0.3, 0.4) is 0 Å². The van der Waals surface area contributed by atoms with E-state index in [-0.39, 0.29) is 0 Å². The van der Waals surface area contributed by atoms with E-state index in [1.54, 1.807) is 0 Å². The van der Waals surface area contributed by atoms with E-state index in [2.05, 4.69) is 73.2 Å². The maximum Gasteiger partial charge on any atom is 0.0657 e. The third-order valence-corrected chi connectivity index (χ3v) is 9.08. The third-order valence-electron chi connectivity index (χ3n) is 4.00. The van der Waals surface area contributed by atoms with Crippen LogP contribution in [-0.4, -0.2) is 12.5 Å². The van der Waals surface area contributed by atoms with Crippen molar-refractivity contribution in [3.63, 3.8) is 0 Å². The summed E-state index contributed by atoms with van der Waals surface area (Å²) in [5.41, 5.74) is 1.33. The van der Waals surface area contributed by atoms with Crippen LogP contribution < -0.4 is 0 Å². The Labute approximate surface area is 159 Å².